The molecule has 0 aliphatic heterocycles. The third-order valence-corrected chi connectivity index (χ3v) is 3.36. The van der Waals surface area contributed by atoms with Crippen LogP contribution in [0.3, 0.4) is 0 Å². The first-order valence-corrected chi connectivity index (χ1v) is 6.69. The molecule has 0 aliphatic carbocycles. The Morgan fingerprint density at radius 3 is 3.00 bits per heavy atom. The Morgan fingerprint density at radius 2 is 2.29 bits per heavy atom. The Bertz CT molecular complexity index is 515. The lowest BCUT2D eigenvalue weighted by Crippen LogP contribution is -1.88. The molecule has 2 rings (SSSR count). The smallest absolute Gasteiger partial charge is 0.258 e. The van der Waals surface area contributed by atoms with E-state index in [1.807, 2.05) is 6.07 Å². The summed E-state index contributed by atoms with van der Waals surface area (Å²) in [6.07, 6.45) is 0. The molecule has 1 aromatic carbocycles. The molecule has 0 amide bonds. The van der Waals surface area contributed by atoms with Crippen LogP contribution in [0.1, 0.15) is 12.7 Å². The first-order chi connectivity index (χ1) is 8.20. The van der Waals surface area contributed by atoms with E-state index in [1.165, 1.54) is 0 Å². The number of nitrogens with two attached hydrogens (primary N) is 1. The number of hydrogen-bond donors (Lipinski definition) is 1. The van der Waals surface area contributed by atoms with Gasteiger partial charge in [-0.2, -0.15) is 16.7 Å². The number of rotatable bonds is 4. The summed E-state index contributed by atoms with van der Waals surface area (Å²) in [5, 5.41) is 4.42. The Kier molecular flexibility index (Phi) is 3.91. The van der Waals surface area contributed by atoms with Gasteiger partial charge in [-0.05, 0) is 24.0 Å². The highest BCUT2D eigenvalue weighted by Crippen LogP contribution is 2.26. The van der Waals surface area contributed by atoms with E-state index in [2.05, 4.69) is 17.1 Å². The highest BCUT2D eigenvalue weighted by atomic mass is 35.5. The molecule has 1 heterocycles. The Morgan fingerprint density at radius 1 is 1.47 bits per heavy atom. The lowest BCUT2D eigenvalue weighted by atomic mass is 10.2. The number of thioether (sulfide) groups is 1. The van der Waals surface area contributed by atoms with Crippen LogP contribution in [0.5, 0.6) is 0 Å². The van der Waals surface area contributed by atoms with Gasteiger partial charge in [0.15, 0.2) is 5.82 Å². The van der Waals surface area contributed by atoms with Crippen LogP contribution in [-0.4, -0.2) is 15.9 Å². The van der Waals surface area contributed by atoms with Crippen molar-refractivity contribution in [2.45, 2.75) is 12.7 Å². The number of aromatic nitrogens is 2. The second-order valence-corrected chi connectivity index (χ2v) is 5.07. The SMILES string of the molecule is CCSCc1noc(-c2ccc(Cl)c(N)c2)n1. The summed E-state index contributed by atoms with van der Waals surface area (Å²) in [5.41, 5.74) is 7.01. The van der Waals surface area contributed by atoms with Crippen LogP contribution in [0.25, 0.3) is 11.5 Å². The zero-order chi connectivity index (χ0) is 12.3. The maximum Gasteiger partial charge on any atom is 0.258 e. The molecule has 1 aromatic heterocycles. The van der Waals surface area contributed by atoms with Gasteiger partial charge in [0.05, 0.1) is 16.5 Å². The molecule has 0 fully saturated rings. The Balaban J connectivity index is 2.21. The molecule has 2 N–H and O–H groups in total. The summed E-state index contributed by atoms with van der Waals surface area (Å²) in [6.45, 7) is 2.09. The average Bonchev–Trinajstić information content (AvgIpc) is 2.79. The third-order valence-electron chi connectivity index (χ3n) is 2.15. The summed E-state index contributed by atoms with van der Waals surface area (Å²) < 4.78 is 5.17. The van der Waals surface area contributed by atoms with Crippen LogP contribution >= 0.6 is 23.4 Å². The molecule has 4 nitrogen and oxygen atoms in total. The predicted octanol–water partition coefficient (Wildman–Crippen LogP) is 3.23. The van der Waals surface area contributed by atoms with Crippen molar-refractivity contribution in [2.75, 3.05) is 11.5 Å². The second-order valence-electron chi connectivity index (χ2n) is 3.39. The van der Waals surface area contributed by atoms with E-state index in [1.54, 1.807) is 23.9 Å². The van der Waals surface area contributed by atoms with Crippen molar-refractivity contribution in [1.82, 2.24) is 10.1 Å². The fourth-order valence-corrected chi connectivity index (χ4v) is 1.92. The molecule has 2 aromatic rings. The summed E-state index contributed by atoms with van der Waals surface area (Å²) in [4.78, 5) is 4.29. The molecule has 0 radical (unpaired) electrons. The molecule has 0 spiro atoms. The van der Waals surface area contributed by atoms with Crippen LogP contribution in [0.2, 0.25) is 5.02 Å². The number of hydrogen-bond acceptors (Lipinski definition) is 5. The molecule has 6 heteroatoms. The van der Waals surface area contributed by atoms with Crippen molar-refractivity contribution in [3.05, 3.63) is 29.0 Å². The van der Waals surface area contributed by atoms with Gasteiger partial charge in [0, 0.05) is 5.56 Å². The van der Waals surface area contributed by atoms with Gasteiger partial charge in [-0.1, -0.05) is 23.7 Å². The van der Waals surface area contributed by atoms with E-state index in [9.17, 15) is 0 Å². The highest BCUT2D eigenvalue weighted by Gasteiger charge is 2.09. The zero-order valence-corrected chi connectivity index (χ0v) is 10.9. The normalized spacial score (nSPS) is 10.7. The van der Waals surface area contributed by atoms with Crippen molar-refractivity contribution in [2.24, 2.45) is 0 Å². The van der Waals surface area contributed by atoms with E-state index in [4.69, 9.17) is 21.9 Å². The Labute approximate surface area is 109 Å². The van der Waals surface area contributed by atoms with Crippen molar-refractivity contribution < 1.29 is 4.52 Å². The lowest BCUT2D eigenvalue weighted by Gasteiger charge is -1.98. The number of benzene rings is 1. The molecule has 0 saturated carbocycles. The molecule has 0 bridgehead atoms. The molecule has 0 aliphatic rings. The van der Waals surface area contributed by atoms with Crippen LogP contribution in [0, 0.1) is 0 Å². The number of halogens is 1. The largest absolute Gasteiger partial charge is 0.398 e. The van der Waals surface area contributed by atoms with Crippen molar-refractivity contribution in [1.29, 1.82) is 0 Å². The second kappa shape index (κ2) is 5.42. The number of anilines is 1. The van der Waals surface area contributed by atoms with Gasteiger partial charge in [0.1, 0.15) is 0 Å². The molecule has 90 valence electrons. The predicted molar refractivity (Wildman–Crippen MR) is 71.0 cm³/mol. The number of nitrogen functional groups attached to an aromatic ring is 1. The van der Waals surface area contributed by atoms with E-state index < -0.39 is 0 Å². The quantitative estimate of drug-likeness (QED) is 0.864. The summed E-state index contributed by atoms with van der Waals surface area (Å²) >= 11 is 7.59. The molecule has 0 unspecified atom stereocenters. The van der Waals surface area contributed by atoms with Crippen molar-refractivity contribution >= 4 is 29.1 Å². The minimum Gasteiger partial charge on any atom is -0.398 e. The van der Waals surface area contributed by atoms with E-state index in [-0.39, 0.29) is 0 Å². The highest BCUT2D eigenvalue weighted by molar-refractivity contribution is 7.98. The molecular weight excluding hydrogens is 258 g/mol. The molecule has 0 atom stereocenters. The first kappa shape index (κ1) is 12.3. The zero-order valence-electron chi connectivity index (χ0n) is 9.31. The third kappa shape index (κ3) is 2.92. The average molecular weight is 270 g/mol. The van der Waals surface area contributed by atoms with Gasteiger partial charge in [-0.15, -0.1) is 0 Å². The van der Waals surface area contributed by atoms with Gasteiger partial charge in [0.2, 0.25) is 0 Å². The fraction of sp³-hybridized carbons (Fsp3) is 0.273. The van der Waals surface area contributed by atoms with Gasteiger partial charge < -0.3 is 10.3 Å². The first-order valence-electron chi connectivity index (χ1n) is 5.16. The summed E-state index contributed by atoms with van der Waals surface area (Å²) in [6, 6.07) is 5.26. The maximum absolute atomic E-state index is 5.85. The van der Waals surface area contributed by atoms with Gasteiger partial charge >= 0.3 is 0 Å². The van der Waals surface area contributed by atoms with Gasteiger partial charge in [-0.3, -0.25) is 0 Å². The van der Waals surface area contributed by atoms with E-state index in [0.717, 1.165) is 17.1 Å². The topological polar surface area (TPSA) is 64.9 Å². The Hall–Kier alpha value is -1.20. The van der Waals surface area contributed by atoms with Crippen LogP contribution in [0.4, 0.5) is 5.69 Å². The van der Waals surface area contributed by atoms with Crippen molar-refractivity contribution in [3.8, 4) is 11.5 Å². The molecule has 0 saturated heterocycles. The maximum atomic E-state index is 5.85. The standard InChI is InChI=1S/C11H12ClN3OS/c1-2-17-6-10-14-11(16-15-10)7-3-4-8(12)9(13)5-7/h3-5H,2,6,13H2,1H3. The minimum absolute atomic E-state index is 0.472. The summed E-state index contributed by atoms with van der Waals surface area (Å²) in [7, 11) is 0. The van der Waals surface area contributed by atoms with Crippen LogP contribution in [0.15, 0.2) is 22.7 Å². The minimum atomic E-state index is 0.472. The van der Waals surface area contributed by atoms with Gasteiger partial charge in [0.25, 0.3) is 5.89 Å². The molecule has 17 heavy (non-hydrogen) atoms. The lowest BCUT2D eigenvalue weighted by molar-refractivity contribution is 0.425. The fourth-order valence-electron chi connectivity index (χ4n) is 1.30. The number of nitrogens with zero attached hydrogens (tertiary/aromatic N) is 2. The van der Waals surface area contributed by atoms with Crippen molar-refractivity contribution in [3.63, 3.8) is 0 Å². The monoisotopic (exact) mass is 269 g/mol. The van der Waals surface area contributed by atoms with E-state index >= 15 is 0 Å². The van der Waals surface area contributed by atoms with Crippen LogP contribution in [-0.2, 0) is 5.75 Å². The van der Waals surface area contributed by atoms with Gasteiger partial charge in [-0.25, -0.2) is 0 Å². The molecular formula is C11H12ClN3OS. The van der Waals surface area contributed by atoms with E-state index in [0.29, 0.717) is 22.4 Å². The summed E-state index contributed by atoms with van der Waals surface area (Å²) in [5.74, 6) is 2.95. The van der Waals surface area contributed by atoms with Crippen LogP contribution < -0.4 is 5.73 Å².